The average Bonchev–Trinajstić information content (AvgIpc) is 3.04. The van der Waals surface area contributed by atoms with Crippen molar-refractivity contribution < 1.29 is 0 Å². The Morgan fingerprint density at radius 3 is 1.85 bits per heavy atom. The molecular formula is C39H39N. The summed E-state index contributed by atoms with van der Waals surface area (Å²) in [6.07, 6.45) is 17.1. The van der Waals surface area contributed by atoms with Gasteiger partial charge in [-0.1, -0.05) is 124 Å². The summed E-state index contributed by atoms with van der Waals surface area (Å²) in [6.45, 7) is 6.27. The summed E-state index contributed by atoms with van der Waals surface area (Å²) < 4.78 is 0. The Balaban J connectivity index is 0.00000158. The maximum absolute atomic E-state index is 2.38. The van der Waals surface area contributed by atoms with Gasteiger partial charge in [0, 0.05) is 17.1 Å². The molecule has 1 atom stereocenters. The van der Waals surface area contributed by atoms with Crippen molar-refractivity contribution in [3.8, 4) is 11.1 Å². The zero-order chi connectivity index (χ0) is 27.7. The molecule has 0 radical (unpaired) electrons. The third-order valence-electron chi connectivity index (χ3n) is 7.42. The van der Waals surface area contributed by atoms with E-state index in [0.717, 1.165) is 36.3 Å². The summed E-state index contributed by atoms with van der Waals surface area (Å²) in [7, 11) is 0. The van der Waals surface area contributed by atoms with Crippen LogP contribution < -0.4 is 4.90 Å². The quantitative estimate of drug-likeness (QED) is 0.244. The SMILES string of the molecule is CC.CC1C=CC(c2cccc(N(c3ccc(C4=CCCC=C4)cc3)c3cccc(-c4ccccc4)c3)c2)=CC1. The van der Waals surface area contributed by atoms with Gasteiger partial charge in [-0.2, -0.15) is 0 Å². The Bertz CT molecular complexity index is 1530. The van der Waals surface area contributed by atoms with E-state index in [4.69, 9.17) is 0 Å². The summed E-state index contributed by atoms with van der Waals surface area (Å²) in [5.41, 5.74) is 11.0. The molecule has 2 aliphatic rings. The number of nitrogens with zero attached hydrogens (tertiary/aromatic N) is 1. The third-order valence-corrected chi connectivity index (χ3v) is 7.42. The number of hydrogen-bond acceptors (Lipinski definition) is 1. The van der Waals surface area contributed by atoms with Gasteiger partial charge in [-0.15, -0.1) is 0 Å². The van der Waals surface area contributed by atoms with Crippen molar-refractivity contribution in [1.29, 1.82) is 0 Å². The summed E-state index contributed by atoms with van der Waals surface area (Å²) in [5, 5.41) is 0. The van der Waals surface area contributed by atoms with Crippen molar-refractivity contribution in [3.63, 3.8) is 0 Å². The van der Waals surface area contributed by atoms with Crippen LogP contribution in [0.1, 0.15) is 51.2 Å². The van der Waals surface area contributed by atoms with E-state index in [0.29, 0.717) is 5.92 Å². The van der Waals surface area contributed by atoms with Crippen LogP contribution in [0.15, 0.2) is 140 Å². The van der Waals surface area contributed by atoms with Gasteiger partial charge in [0.2, 0.25) is 0 Å². The monoisotopic (exact) mass is 521 g/mol. The molecule has 1 nitrogen and oxygen atoms in total. The van der Waals surface area contributed by atoms with Crippen LogP contribution in [0.2, 0.25) is 0 Å². The highest BCUT2D eigenvalue weighted by atomic mass is 15.1. The lowest BCUT2D eigenvalue weighted by atomic mass is 9.94. The van der Waals surface area contributed by atoms with E-state index >= 15 is 0 Å². The molecule has 0 aromatic heterocycles. The van der Waals surface area contributed by atoms with Gasteiger partial charge >= 0.3 is 0 Å². The van der Waals surface area contributed by atoms with Crippen molar-refractivity contribution in [2.45, 2.75) is 40.0 Å². The molecule has 0 fully saturated rings. The molecule has 0 aliphatic heterocycles. The summed E-state index contributed by atoms with van der Waals surface area (Å²) in [5.74, 6) is 0.604. The second-order valence-corrected chi connectivity index (χ2v) is 10.2. The van der Waals surface area contributed by atoms with Crippen molar-refractivity contribution in [2.24, 2.45) is 5.92 Å². The fourth-order valence-electron chi connectivity index (χ4n) is 5.30. The highest BCUT2D eigenvalue weighted by molar-refractivity contribution is 5.84. The molecule has 1 heteroatoms. The van der Waals surface area contributed by atoms with E-state index in [1.165, 1.54) is 33.4 Å². The van der Waals surface area contributed by atoms with Gasteiger partial charge in [0.15, 0.2) is 0 Å². The first-order chi connectivity index (χ1) is 19.7. The van der Waals surface area contributed by atoms with Gasteiger partial charge in [-0.05, 0) is 95.0 Å². The van der Waals surface area contributed by atoms with E-state index < -0.39 is 0 Å². The minimum absolute atomic E-state index is 0.604. The van der Waals surface area contributed by atoms with Crippen LogP contribution in [-0.4, -0.2) is 0 Å². The first-order valence-electron chi connectivity index (χ1n) is 14.7. The van der Waals surface area contributed by atoms with E-state index in [9.17, 15) is 0 Å². The molecule has 2 aliphatic carbocycles. The van der Waals surface area contributed by atoms with E-state index in [2.05, 4.69) is 151 Å². The second kappa shape index (κ2) is 13.1. The molecular weight excluding hydrogens is 482 g/mol. The molecule has 4 aromatic carbocycles. The van der Waals surface area contributed by atoms with Crippen molar-refractivity contribution >= 4 is 28.2 Å². The number of benzene rings is 4. The van der Waals surface area contributed by atoms with E-state index in [1.807, 2.05) is 13.8 Å². The molecule has 0 bridgehead atoms. The van der Waals surface area contributed by atoms with Crippen molar-refractivity contribution in [1.82, 2.24) is 0 Å². The molecule has 0 amide bonds. The predicted octanol–water partition coefficient (Wildman–Crippen LogP) is 11.6. The molecule has 4 aromatic rings. The average molecular weight is 522 g/mol. The molecule has 0 saturated carbocycles. The normalized spacial score (nSPS) is 15.9. The van der Waals surface area contributed by atoms with E-state index in [1.54, 1.807) is 0 Å². The van der Waals surface area contributed by atoms with Crippen LogP contribution >= 0.6 is 0 Å². The van der Waals surface area contributed by atoms with Crippen LogP contribution in [-0.2, 0) is 0 Å². The van der Waals surface area contributed by atoms with E-state index in [-0.39, 0.29) is 0 Å². The molecule has 200 valence electrons. The summed E-state index contributed by atoms with van der Waals surface area (Å²) in [6, 6.07) is 37.4. The number of allylic oxidation sites excluding steroid dienone is 8. The molecule has 0 saturated heterocycles. The van der Waals surface area contributed by atoms with Gasteiger partial charge < -0.3 is 4.90 Å². The lowest BCUT2D eigenvalue weighted by Crippen LogP contribution is -2.10. The third kappa shape index (κ3) is 6.26. The molecule has 40 heavy (non-hydrogen) atoms. The van der Waals surface area contributed by atoms with Crippen LogP contribution in [0.4, 0.5) is 17.1 Å². The van der Waals surface area contributed by atoms with Gasteiger partial charge in [0.05, 0.1) is 0 Å². The fourth-order valence-corrected chi connectivity index (χ4v) is 5.30. The summed E-state index contributed by atoms with van der Waals surface area (Å²) >= 11 is 0. The fraction of sp³-hybridized carbons (Fsp3) is 0.179. The Morgan fingerprint density at radius 1 is 0.550 bits per heavy atom. The highest BCUT2D eigenvalue weighted by Crippen LogP contribution is 2.38. The lowest BCUT2D eigenvalue weighted by molar-refractivity contribution is 0.739. The van der Waals surface area contributed by atoms with Gasteiger partial charge in [0.25, 0.3) is 0 Å². The van der Waals surface area contributed by atoms with Gasteiger partial charge in [-0.3, -0.25) is 0 Å². The number of hydrogen-bond donors (Lipinski definition) is 0. The van der Waals surface area contributed by atoms with Crippen LogP contribution in [0.3, 0.4) is 0 Å². The zero-order valence-corrected chi connectivity index (χ0v) is 23.9. The van der Waals surface area contributed by atoms with Crippen LogP contribution in [0.25, 0.3) is 22.3 Å². The highest BCUT2D eigenvalue weighted by Gasteiger charge is 2.16. The molecule has 0 spiro atoms. The van der Waals surface area contributed by atoms with Gasteiger partial charge in [-0.25, -0.2) is 0 Å². The van der Waals surface area contributed by atoms with Crippen molar-refractivity contribution in [2.75, 3.05) is 4.90 Å². The Kier molecular flexibility index (Phi) is 8.93. The lowest BCUT2D eigenvalue weighted by Gasteiger charge is -2.27. The molecule has 0 N–H and O–H groups in total. The maximum Gasteiger partial charge on any atom is 0.0467 e. The van der Waals surface area contributed by atoms with Gasteiger partial charge in [0.1, 0.15) is 0 Å². The van der Waals surface area contributed by atoms with Crippen LogP contribution in [0.5, 0.6) is 0 Å². The second-order valence-electron chi connectivity index (χ2n) is 10.2. The zero-order valence-electron chi connectivity index (χ0n) is 23.9. The Hall–Kier alpha value is -4.36. The predicted molar refractivity (Wildman–Crippen MR) is 175 cm³/mol. The molecule has 1 unspecified atom stereocenters. The minimum Gasteiger partial charge on any atom is -0.310 e. The minimum atomic E-state index is 0.604. The van der Waals surface area contributed by atoms with Crippen LogP contribution in [0, 0.1) is 5.92 Å². The maximum atomic E-state index is 2.38. The standard InChI is InChI=1S/C37H33N.C2H6/c1-28-18-20-32(21-19-28)34-15-9-17-37(27-34)38(35-24-22-31(23-25-35)29-10-4-2-5-11-29)36-16-8-14-33(26-36)30-12-6-3-7-13-30;1-2/h3-4,6-18,20-28H,2,5,19H2,1H3;1-2H3. The first-order valence-corrected chi connectivity index (χ1v) is 14.7. The first kappa shape index (κ1) is 27.2. The number of anilines is 3. The Morgan fingerprint density at radius 2 is 1.20 bits per heavy atom. The molecule has 0 heterocycles. The Labute approximate surface area is 240 Å². The van der Waals surface area contributed by atoms with Crippen molar-refractivity contribution in [3.05, 3.63) is 151 Å². The summed E-state index contributed by atoms with van der Waals surface area (Å²) in [4.78, 5) is 2.38. The largest absolute Gasteiger partial charge is 0.310 e. The topological polar surface area (TPSA) is 3.24 Å². The number of rotatable bonds is 6. The smallest absolute Gasteiger partial charge is 0.0467 e. The molecule has 6 rings (SSSR count).